The molecule has 1 atom stereocenters. The van der Waals surface area contributed by atoms with Crippen LogP contribution in [-0.4, -0.2) is 18.0 Å². The van der Waals surface area contributed by atoms with Crippen LogP contribution in [0.15, 0.2) is 24.3 Å². The first-order valence-electron chi connectivity index (χ1n) is 12.6. The van der Waals surface area contributed by atoms with Gasteiger partial charge in [-0.15, -0.1) is 0 Å². The van der Waals surface area contributed by atoms with Gasteiger partial charge in [0.05, 0.1) is 4.92 Å². The van der Waals surface area contributed by atoms with Gasteiger partial charge < -0.3 is 5.32 Å². The summed E-state index contributed by atoms with van der Waals surface area (Å²) >= 11 is 0. The normalized spacial score (nSPS) is 12.2. The van der Waals surface area contributed by atoms with Crippen molar-refractivity contribution in [2.45, 2.75) is 122 Å². The van der Waals surface area contributed by atoms with Gasteiger partial charge >= 0.3 is 0 Å². The number of likely N-dealkylation sites (N-methyl/N-ethyl adjacent to an activating group) is 1. The smallest absolute Gasteiger partial charge is 0.272 e. The highest BCUT2D eigenvalue weighted by atomic mass is 16.6. The van der Waals surface area contributed by atoms with Gasteiger partial charge in [-0.2, -0.15) is 0 Å². The first kappa shape index (κ1) is 26.6. The zero-order valence-electron chi connectivity index (χ0n) is 19.7. The second kappa shape index (κ2) is 18.4. The maximum absolute atomic E-state index is 11.2. The van der Waals surface area contributed by atoms with Gasteiger partial charge in [0.25, 0.3) is 5.69 Å². The van der Waals surface area contributed by atoms with E-state index in [4.69, 9.17) is 0 Å². The van der Waals surface area contributed by atoms with Gasteiger partial charge in [0.2, 0.25) is 0 Å². The summed E-state index contributed by atoms with van der Waals surface area (Å²) in [6, 6.07) is 7.44. The Kier molecular flexibility index (Phi) is 16.3. The standard InChI is InChI=1S/C26H46N2O2/c1-3-4-5-6-7-8-9-10-11-12-13-14-15-16-17-21-25(27-2)23-24-20-18-19-22-26(24)28(29)30/h18-20,22,25,27H,3-17,21,23H2,1-2H3. The maximum Gasteiger partial charge on any atom is 0.272 e. The van der Waals surface area contributed by atoms with Gasteiger partial charge in [-0.25, -0.2) is 0 Å². The Morgan fingerprint density at radius 1 is 0.800 bits per heavy atom. The molecule has 0 radical (unpaired) electrons. The number of benzene rings is 1. The summed E-state index contributed by atoms with van der Waals surface area (Å²) in [6.45, 7) is 2.28. The van der Waals surface area contributed by atoms with Crippen molar-refractivity contribution in [3.63, 3.8) is 0 Å². The highest BCUT2D eigenvalue weighted by Crippen LogP contribution is 2.21. The molecule has 4 nitrogen and oxygen atoms in total. The molecule has 0 aliphatic rings. The van der Waals surface area contributed by atoms with E-state index in [2.05, 4.69) is 12.2 Å². The molecule has 1 rings (SSSR count). The number of nitrogens with one attached hydrogen (secondary N) is 1. The van der Waals surface area contributed by atoms with Gasteiger partial charge in [-0.3, -0.25) is 10.1 Å². The van der Waals surface area contributed by atoms with Crippen molar-refractivity contribution in [1.82, 2.24) is 5.32 Å². The Morgan fingerprint density at radius 2 is 1.27 bits per heavy atom. The first-order valence-corrected chi connectivity index (χ1v) is 12.6. The van der Waals surface area contributed by atoms with Crippen molar-refractivity contribution in [2.24, 2.45) is 0 Å². The minimum atomic E-state index is -0.268. The molecule has 1 unspecified atom stereocenters. The van der Waals surface area contributed by atoms with Crippen LogP contribution in [0.2, 0.25) is 0 Å². The van der Waals surface area contributed by atoms with Crippen molar-refractivity contribution in [1.29, 1.82) is 0 Å². The molecular weight excluding hydrogens is 372 g/mol. The van der Waals surface area contributed by atoms with Crippen molar-refractivity contribution in [2.75, 3.05) is 7.05 Å². The summed E-state index contributed by atoms with van der Waals surface area (Å²) in [5, 5.41) is 14.5. The number of nitro benzene ring substituents is 1. The number of nitro groups is 1. The molecule has 4 heteroatoms. The van der Waals surface area contributed by atoms with Gasteiger partial charge in [0.15, 0.2) is 0 Å². The quantitative estimate of drug-likeness (QED) is 0.133. The molecule has 30 heavy (non-hydrogen) atoms. The molecule has 0 saturated carbocycles. The van der Waals surface area contributed by atoms with Gasteiger partial charge in [0.1, 0.15) is 0 Å². The van der Waals surface area contributed by atoms with Crippen molar-refractivity contribution < 1.29 is 4.92 Å². The molecule has 0 aliphatic carbocycles. The molecule has 0 fully saturated rings. The summed E-state index contributed by atoms with van der Waals surface area (Å²) in [5.41, 5.74) is 1.08. The van der Waals surface area contributed by atoms with Crippen LogP contribution >= 0.6 is 0 Å². The first-order chi connectivity index (χ1) is 14.7. The van der Waals surface area contributed by atoms with Crippen LogP contribution in [0.25, 0.3) is 0 Å². The van der Waals surface area contributed by atoms with Gasteiger partial charge in [0, 0.05) is 17.7 Å². The second-order valence-corrected chi connectivity index (χ2v) is 8.81. The molecule has 172 valence electrons. The van der Waals surface area contributed by atoms with Crippen LogP contribution in [-0.2, 0) is 6.42 Å². The topological polar surface area (TPSA) is 55.2 Å². The molecule has 0 heterocycles. The molecule has 0 aliphatic heterocycles. The number of unbranched alkanes of at least 4 members (excludes halogenated alkanes) is 14. The zero-order chi connectivity index (χ0) is 21.9. The molecule has 1 N–H and O–H groups in total. The summed E-state index contributed by atoms with van der Waals surface area (Å²) in [5.74, 6) is 0. The highest BCUT2D eigenvalue weighted by Gasteiger charge is 2.16. The molecule has 0 amide bonds. The van der Waals surface area contributed by atoms with Crippen LogP contribution in [0.3, 0.4) is 0 Å². The van der Waals surface area contributed by atoms with E-state index in [0.29, 0.717) is 6.04 Å². The molecule has 0 aromatic heterocycles. The zero-order valence-corrected chi connectivity index (χ0v) is 19.7. The van der Waals surface area contributed by atoms with Crippen LogP contribution in [0.4, 0.5) is 5.69 Å². The minimum absolute atomic E-state index is 0.245. The summed E-state index contributed by atoms with van der Waals surface area (Å²) in [4.78, 5) is 10.9. The average molecular weight is 419 g/mol. The van der Waals surface area contributed by atoms with E-state index >= 15 is 0 Å². The van der Waals surface area contributed by atoms with E-state index in [-0.39, 0.29) is 10.6 Å². The molecule has 1 aromatic carbocycles. The lowest BCUT2D eigenvalue weighted by Crippen LogP contribution is -2.27. The van der Waals surface area contributed by atoms with E-state index in [0.717, 1.165) is 18.4 Å². The number of nitrogens with zero attached hydrogens (tertiary/aromatic N) is 1. The average Bonchev–Trinajstić information content (AvgIpc) is 2.75. The Hall–Kier alpha value is -1.42. The van der Waals surface area contributed by atoms with E-state index < -0.39 is 0 Å². The Labute approximate surface area is 185 Å². The predicted octanol–water partition coefficient (Wildman–Crippen LogP) is 7.99. The lowest BCUT2D eigenvalue weighted by molar-refractivity contribution is -0.385. The monoisotopic (exact) mass is 418 g/mol. The third-order valence-electron chi connectivity index (χ3n) is 6.22. The van der Waals surface area contributed by atoms with Crippen LogP contribution in [0.5, 0.6) is 0 Å². The van der Waals surface area contributed by atoms with Gasteiger partial charge in [-0.05, 0) is 19.9 Å². The van der Waals surface area contributed by atoms with E-state index in [9.17, 15) is 10.1 Å². The third kappa shape index (κ3) is 13.0. The fraction of sp³-hybridized carbons (Fsp3) is 0.769. The second-order valence-electron chi connectivity index (χ2n) is 8.81. The predicted molar refractivity (Wildman–Crippen MR) is 129 cm³/mol. The molecule has 0 bridgehead atoms. The highest BCUT2D eigenvalue weighted by molar-refractivity contribution is 5.40. The van der Waals surface area contributed by atoms with Crippen LogP contribution in [0, 0.1) is 10.1 Å². The van der Waals surface area contributed by atoms with Crippen molar-refractivity contribution in [3.8, 4) is 0 Å². The largest absolute Gasteiger partial charge is 0.317 e. The minimum Gasteiger partial charge on any atom is -0.317 e. The third-order valence-corrected chi connectivity index (χ3v) is 6.22. The number of para-hydroxylation sites is 1. The SMILES string of the molecule is CCCCCCCCCCCCCCCCCC(Cc1ccccc1[N+](=O)[O-])NC. The Bertz CT molecular complexity index is 548. The van der Waals surface area contributed by atoms with E-state index in [1.54, 1.807) is 12.1 Å². The summed E-state index contributed by atoms with van der Waals surface area (Å²) < 4.78 is 0. The van der Waals surface area contributed by atoms with Crippen LogP contribution in [0.1, 0.15) is 115 Å². The molecule has 0 spiro atoms. The number of rotatable bonds is 20. The lowest BCUT2D eigenvalue weighted by atomic mass is 9.98. The maximum atomic E-state index is 11.2. The van der Waals surface area contributed by atoms with Gasteiger partial charge in [-0.1, -0.05) is 121 Å². The Balaban J connectivity index is 1.98. The van der Waals surface area contributed by atoms with E-state index in [1.165, 1.54) is 96.3 Å². The number of hydrogen-bond donors (Lipinski definition) is 1. The fourth-order valence-electron chi connectivity index (χ4n) is 4.24. The summed E-state index contributed by atoms with van der Waals surface area (Å²) in [6.07, 6.45) is 22.5. The lowest BCUT2D eigenvalue weighted by Gasteiger charge is -2.16. The number of hydrogen-bond acceptors (Lipinski definition) is 3. The summed E-state index contributed by atoms with van der Waals surface area (Å²) in [7, 11) is 1.96. The Morgan fingerprint density at radius 3 is 1.73 bits per heavy atom. The fourth-order valence-corrected chi connectivity index (χ4v) is 4.24. The molecule has 1 aromatic rings. The molecule has 0 saturated heterocycles. The van der Waals surface area contributed by atoms with Crippen LogP contribution < -0.4 is 5.32 Å². The van der Waals surface area contributed by atoms with Crippen molar-refractivity contribution in [3.05, 3.63) is 39.9 Å². The van der Waals surface area contributed by atoms with E-state index in [1.807, 2.05) is 19.2 Å². The molecular formula is C26H46N2O2. The van der Waals surface area contributed by atoms with Crippen molar-refractivity contribution >= 4 is 5.69 Å².